The third-order valence-electron chi connectivity index (χ3n) is 3.31. The van der Waals surface area contributed by atoms with Crippen molar-refractivity contribution in [2.75, 3.05) is 0 Å². The van der Waals surface area contributed by atoms with E-state index in [0.717, 1.165) is 0 Å². The van der Waals surface area contributed by atoms with Gasteiger partial charge < -0.3 is 15.6 Å². The van der Waals surface area contributed by atoms with Gasteiger partial charge >= 0.3 is 11.9 Å². The molecule has 1 aliphatic carbocycles. The molecule has 1 saturated carbocycles. The van der Waals surface area contributed by atoms with Gasteiger partial charge in [-0.3, -0.25) is 9.59 Å². The van der Waals surface area contributed by atoms with E-state index in [1.54, 1.807) is 20.8 Å². The van der Waals surface area contributed by atoms with Crippen molar-refractivity contribution in [2.24, 2.45) is 17.6 Å². The highest BCUT2D eigenvalue weighted by Crippen LogP contribution is 2.31. The predicted octanol–water partition coefficient (Wildman–Crippen LogP) is 1.55. The van der Waals surface area contributed by atoms with Crippen LogP contribution in [0, 0.1) is 11.8 Å². The average Bonchev–Trinajstić information content (AvgIpc) is 2.26. The number of hydrogen-bond donors (Lipinski definition) is 2. The number of rotatable bonds is 3. The predicted molar refractivity (Wildman–Crippen MR) is 66.9 cm³/mol. The maximum absolute atomic E-state index is 11.8. The minimum absolute atomic E-state index is 0.0375. The lowest BCUT2D eigenvalue weighted by atomic mass is 9.79. The van der Waals surface area contributed by atoms with Gasteiger partial charge in [0.25, 0.3) is 0 Å². The van der Waals surface area contributed by atoms with Gasteiger partial charge in [0.15, 0.2) is 0 Å². The van der Waals surface area contributed by atoms with Crippen LogP contribution in [0.2, 0.25) is 0 Å². The van der Waals surface area contributed by atoms with E-state index < -0.39 is 17.6 Å². The molecule has 0 unspecified atom stereocenters. The fraction of sp³-hybridized carbons (Fsp3) is 0.846. The molecular weight excluding hydrogens is 234 g/mol. The van der Waals surface area contributed by atoms with Crippen LogP contribution in [0.25, 0.3) is 0 Å². The summed E-state index contributed by atoms with van der Waals surface area (Å²) in [7, 11) is 0. The van der Waals surface area contributed by atoms with E-state index in [9.17, 15) is 9.59 Å². The highest BCUT2D eigenvalue weighted by atomic mass is 16.6. The fourth-order valence-electron chi connectivity index (χ4n) is 2.29. The molecule has 104 valence electrons. The molecule has 0 saturated heterocycles. The van der Waals surface area contributed by atoms with Crippen molar-refractivity contribution >= 4 is 11.9 Å². The zero-order valence-electron chi connectivity index (χ0n) is 11.3. The van der Waals surface area contributed by atoms with Gasteiger partial charge in [0, 0.05) is 0 Å². The molecule has 1 rings (SSSR count). The van der Waals surface area contributed by atoms with Crippen molar-refractivity contribution in [1.82, 2.24) is 0 Å². The molecule has 0 heterocycles. The van der Waals surface area contributed by atoms with Crippen LogP contribution in [0.3, 0.4) is 0 Å². The minimum Gasteiger partial charge on any atom is -0.481 e. The number of nitrogens with two attached hydrogens (primary N) is 1. The average molecular weight is 257 g/mol. The van der Waals surface area contributed by atoms with Crippen molar-refractivity contribution in [3.05, 3.63) is 0 Å². The van der Waals surface area contributed by atoms with Gasteiger partial charge in [0.05, 0.1) is 5.92 Å². The first-order valence-electron chi connectivity index (χ1n) is 6.42. The van der Waals surface area contributed by atoms with Crippen molar-refractivity contribution in [1.29, 1.82) is 0 Å². The van der Waals surface area contributed by atoms with Gasteiger partial charge in [-0.1, -0.05) is 0 Å². The Labute approximate surface area is 108 Å². The Morgan fingerprint density at radius 3 is 2.11 bits per heavy atom. The zero-order valence-corrected chi connectivity index (χ0v) is 11.3. The van der Waals surface area contributed by atoms with Gasteiger partial charge in [-0.25, -0.2) is 0 Å². The molecule has 3 N–H and O–H groups in total. The van der Waals surface area contributed by atoms with Crippen LogP contribution in [0.4, 0.5) is 0 Å². The molecule has 0 aromatic rings. The Morgan fingerprint density at radius 1 is 1.22 bits per heavy atom. The van der Waals surface area contributed by atoms with Crippen molar-refractivity contribution < 1.29 is 19.4 Å². The molecule has 0 aromatic heterocycles. The molecule has 0 aromatic carbocycles. The molecular formula is C13H23NO4. The Hall–Kier alpha value is -1.10. The first-order chi connectivity index (χ1) is 8.20. The summed E-state index contributed by atoms with van der Waals surface area (Å²) in [5, 5.41) is 8.90. The van der Waals surface area contributed by atoms with Crippen LogP contribution in [-0.2, 0) is 14.3 Å². The van der Waals surface area contributed by atoms with Gasteiger partial charge in [-0.05, 0) is 52.4 Å². The van der Waals surface area contributed by atoms with Crippen molar-refractivity contribution in [3.63, 3.8) is 0 Å². The summed E-state index contributed by atoms with van der Waals surface area (Å²) in [6.45, 7) is 5.41. The van der Waals surface area contributed by atoms with E-state index in [0.29, 0.717) is 25.7 Å². The number of aliphatic carboxylic acids is 1. The molecule has 0 bridgehead atoms. The quantitative estimate of drug-likeness (QED) is 0.749. The number of carbonyl (C=O) groups excluding carboxylic acids is 1. The number of carboxylic acid groups (broad SMARTS) is 1. The maximum atomic E-state index is 11.8. The molecule has 0 aliphatic heterocycles. The Bertz CT molecular complexity index is 313. The monoisotopic (exact) mass is 257 g/mol. The standard InChI is InChI=1S/C13H23NO4/c1-13(2,3)18-12(17)10(14)8-4-6-9(7-5-8)11(15)16/h8-10H,4-7,14H2,1-3H3,(H,15,16)/t8?,9?,10-/m0/s1. The maximum Gasteiger partial charge on any atom is 0.323 e. The molecule has 0 radical (unpaired) electrons. The first kappa shape index (κ1) is 15.0. The van der Waals surface area contributed by atoms with Crippen molar-refractivity contribution in [2.45, 2.75) is 58.1 Å². The van der Waals surface area contributed by atoms with Crippen LogP contribution in [-0.4, -0.2) is 28.7 Å². The van der Waals surface area contributed by atoms with E-state index >= 15 is 0 Å². The van der Waals surface area contributed by atoms with Crippen LogP contribution < -0.4 is 5.73 Å². The number of esters is 1. The SMILES string of the molecule is CC(C)(C)OC(=O)[C@@H](N)C1CCC(C(=O)O)CC1. The highest BCUT2D eigenvalue weighted by molar-refractivity contribution is 5.76. The number of ether oxygens (including phenoxy) is 1. The summed E-state index contributed by atoms with van der Waals surface area (Å²) >= 11 is 0. The fourth-order valence-corrected chi connectivity index (χ4v) is 2.29. The summed E-state index contributed by atoms with van der Waals surface area (Å²) < 4.78 is 5.25. The van der Waals surface area contributed by atoms with E-state index in [1.807, 2.05) is 0 Å². The van der Waals surface area contributed by atoms with E-state index in [1.165, 1.54) is 0 Å². The van der Waals surface area contributed by atoms with Gasteiger partial charge in [-0.15, -0.1) is 0 Å². The van der Waals surface area contributed by atoms with Crippen LogP contribution in [0.1, 0.15) is 46.5 Å². The lowest BCUT2D eigenvalue weighted by Crippen LogP contribution is -2.44. The molecule has 1 aliphatic rings. The Kier molecular flexibility index (Phi) is 4.73. The third kappa shape index (κ3) is 4.29. The van der Waals surface area contributed by atoms with E-state index in [-0.39, 0.29) is 17.8 Å². The molecule has 0 amide bonds. The van der Waals surface area contributed by atoms with Gasteiger partial charge in [-0.2, -0.15) is 0 Å². The molecule has 1 fully saturated rings. The minimum atomic E-state index is -0.751. The van der Waals surface area contributed by atoms with Crippen molar-refractivity contribution in [3.8, 4) is 0 Å². The van der Waals surface area contributed by atoms with Crippen LogP contribution in [0.5, 0.6) is 0 Å². The summed E-state index contributed by atoms with van der Waals surface area (Å²) in [5.41, 5.74) is 5.36. The largest absolute Gasteiger partial charge is 0.481 e. The second kappa shape index (κ2) is 5.69. The van der Waals surface area contributed by atoms with E-state index in [2.05, 4.69) is 0 Å². The molecule has 5 nitrogen and oxygen atoms in total. The Balaban J connectivity index is 2.47. The molecule has 18 heavy (non-hydrogen) atoms. The van der Waals surface area contributed by atoms with Gasteiger partial charge in [0.1, 0.15) is 11.6 Å². The second-order valence-corrected chi connectivity index (χ2v) is 6.01. The zero-order chi connectivity index (χ0) is 13.9. The lowest BCUT2D eigenvalue weighted by molar-refractivity contribution is -0.158. The smallest absolute Gasteiger partial charge is 0.323 e. The third-order valence-corrected chi connectivity index (χ3v) is 3.31. The highest BCUT2D eigenvalue weighted by Gasteiger charge is 2.34. The summed E-state index contributed by atoms with van der Waals surface area (Å²) in [6, 6.07) is -0.640. The second-order valence-electron chi connectivity index (χ2n) is 6.01. The van der Waals surface area contributed by atoms with Crippen LogP contribution >= 0.6 is 0 Å². The van der Waals surface area contributed by atoms with Crippen LogP contribution in [0.15, 0.2) is 0 Å². The molecule has 5 heteroatoms. The first-order valence-corrected chi connectivity index (χ1v) is 6.42. The number of carboxylic acids is 1. The molecule has 0 spiro atoms. The number of hydrogen-bond acceptors (Lipinski definition) is 4. The normalized spacial score (nSPS) is 26.4. The summed E-state index contributed by atoms with van der Waals surface area (Å²) in [4.78, 5) is 22.6. The number of carbonyl (C=O) groups is 2. The lowest BCUT2D eigenvalue weighted by Gasteiger charge is -2.31. The van der Waals surface area contributed by atoms with E-state index in [4.69, 9.17) is 15.6 Å². The topological polar surface area (TPSA) is 89.6 Å². The van der Waals surface area contributed by atoms with Gasteiger partial charge in [0.2, 0.25) is 0 Å². The molecule has 1 atom stereocenters. The Morgan fingerprint density at radius 2 is 1.72 bits per heavy atom. The summed E-state index contributed by atoms with van der Waals surface area (Å²) in [6.07, 6.45) is 2.54. The summed E-state index contributed by atoms with van der Waals surface area (Å²) in [5.74, 6) is -1.39.